The van der Waals surface area contributed by atoms with Crippen LogP contribution in [0.3, 0.4) is 0 Å². The molecule has 33 heavy (non-hydrogen) atoms. The van der Waals surface area contributed by atoms with Gasteiger partial charge < -0.3 is 10.2 Å². The number of nitrogens with zero attached hydrogens (tertiary/aromatic N) is 1. The average Bonchev–Trinajstić information content (AvgIpc) is 2.80. The lowest BCUT2D eigenvalue weighted by Gasteiger charge is -2.15. The van der Waals surface area contributed by atoms with Crippen LogP contribution in [-0.2, 0) is 22.9 Å². The number of aromatic hydroxyl groups is 2. The first-order chi connectivity index (χ1) is 15.8. The normalized spacial score (nSPS) is 11.3. The summed E-state index contributed by atoms with van der Waals surface area (Å²) in [4.78, 5) is -0.141. The minimum atomic E-state index is -4.07. The minimum Gasteiger partial charge on any atom is -0.507 e. The number of fused-ring (bicyclic) bond motifs is 1. The Bertz CT molecular complexity index is 1490. The lowest BCUT2D eigenvalue weighted by molar-refractivity contribution is 0.463. The molecule has 0 aliphatic carbocycles. The van der Waals surface area contributed by atoms with Crippen molar-refractivity contribution in [1.29, 1.82) is 5.26 Å². The summed E-state index contributed by atoms with van der Waals surface area (Å²) in [6.07, 6.45) is 0.848. The van der Waals surface area contributed by atoms with Crippen molar-refractivity contribution in [1.82, 2.24) is 0 Å². The molecule has 4 aromatic carbocycles. The van der Waals surface area contributed by atoms with Gasteiger partial charge in [0.15, 0.2) is 0 Å². The highest BCUT2D eigenvalue weighted by Gasteiger charge is 2.20. The van der Waals surface area contributed by atoms with Crippen LogP contribution in [0.25, 0.3) is 10.8 Å². The van der Waals surface area contributed by atoms with E-state index in [4.69, 9.17) is 5.26 Å². The number of halogens is 1. The SMILES string of the molecule is N#Cc1cccc(CCc2cc(O)c3cccc(NS(=O)(=O)c4ccc(F)cc4)c3c2O)c1. The molecule has 3 N–H and O–H groups in total. The highest BCUT2D eigenvalue weighted by Crippen LogP contribution is 2.41. The second-order valence-corrected chi connectivity index (χ2v) is 9.19. The van der Waals surface area contributed by atoms with Crippen molar-refractivity contribution < 1.29 is 23.0 Å². The van der Waals surface area contributed by atoms with Crippen molar-refractivity contribution in [2.75, 3.05) is 4.72 Å². The summed E-state index contributed by atoms with van der Waals surface area (Å²) in [7, 11) is -4.07. The molecular formula is C25H19FN2O4S. The van der Waals surface area contributed by atoms with E-state index in [2.05, 4.69) is 10.8 Å². The summed E-state index contributed by atoms with van der Waals surface area (Å²) in [5, 5.41) is 31.0. The molecule has 0 radical (unpaired) electrons. The molecule has 6 nitrogen and oxygen atoms in total. The standard InChI is InChI=1S/C25H19FN2O4S/c26-19-9-11-20(12-10-19)33(31,32)28-22-6-2-5-21-23(29)14-18(25(30)24(21)22)8-7-16-3-1-4-17(13-16)15-27/h1-6,9-14,28-30H,7-8H2. The molecule has 0 heterocycles. The first-order valence-electron chi connectivity index (χ1n) is 10.0. The molecule has 0 aliphatic rings. The molecule has 0 fully saturated rings. The van der Waals surface area contributed by atoms with E-state index in [9.17, 15) is 23.0 Å². The molecule has 0 amide bonds. The Morgan fingerprint density at radius 3 is 2.39 bits per heavy atom. The monoisotopic (exact) mass is 462 g/mol. The van der Waals surface area contributed by atoms with Gasteiger partial charge in [-0.05, 0) is 72.5 Å². The summed E-state index contributed by atoms with van der Waals surface area (Å²) >= 11 is 0. The fourth-order valence-electron chi connectivity index (χ4n) is 3.66. The van der Waals surface area contributed by atoms with E-state index in [0.717, 1.165) is 29.8 Å². The molecule has 0 spiro atoms. The van der Waals surface area contributed by atoms with Gasteiger partial charge in [0.1, 0.15) is 17.3 Å². The number of anilines is 1. The van der Waals surface area contributed by atoms with E-state index in [1.54, 1.807) is 30.3 Å². The Hall–Kier alpha value is -4.09. The number of rotatable bonds is 6. The zero-order chi connectivity index (χ0) is 23.6. The zero-order valence-corrected chi connectivity index (χ0v) is 18.1. The molecule has 8 heteroatoms. The lowest BCUT2D eigenvalue weighted by Crippen LogP contribution is -2.13. The molecule has 0 unspecified atom stereocenters. The fraction of sp³-hybridized carbons (Fsp3) is 0.0800. The van der Waals surface area contributed by atoms with Gasteiger partial charge in [-0.1, -0.05) is 24.3 Å². The quantitative estimate of drug-likeness (QED) is 0.355. The van der Waals surface area contributed by atoms with E-state index in [1.165, 1.54) is 12.1 Å². The summed E-state index contributed by atoms with van der Waals surface area (Å²) in [6.45, 7) is 0. The maximum atomic E-state index is 13.2. The third-order valence-electron chi connectivity index (χ3n) is 5.30. The topological polar surface area (TPSA) is 110 Å². The smallest absolute Gasteiger partial charge is 0.261 e. The van der Waals surface area contributed by atoms with Crippen LogP contribution in [0.15, 0.2) is 77.7 Å². The van der Waals surface area contributed by atoms with Gasteiger partial charge in [-0.15, -0.1) is 0 Å². The van der Waals surface area contributed by atoms with Gasteiger partial charge >= 0.3 is 0 Å². The molecule has 166 valence electrons. The van der Waals surface area contributed by atoms with E-state index >= 15 is 0 Å². The summed E-state index contributed by atoms with van der Waals surface area (Å²) in [5.41, 5.74) is 1.92. The number of hydrogen-bond donors (Lipinski definition) is 3. The van der Waals surface area contributed by atoms with Crippen molar-refractivity contribution in [2.24, 2.45) is 0 Å². The Morgan fingerprint density at radius 1 is 0.939 bits per heavy atom. The minimum absolute atomic E-state index is 0.0814. The Balaban J connectivity index is 1.72. The van der Waals surface area contributed by atoms with Gasteiger partial charge in [-0.25, -0.2) is 12.8 Å². The largest absolute Gasteiger partial charge is 0.507 e. The molecule has 0 saturated heterocycles. The van der Waals surface area contributed by atoms with Crippen LogP contribution < -0.4 is 4.72 Å². The van der Waals surface area contributed by atoms with Gasteiger partial charge in [0.25, 0.3) is 10.0 Å². The number of sulfonamides is 1. The molecule has 4 aromatic rings. The van der Waals surface area contributed by atoms with Crippen LogP contribution in [-0.4, -0.2) is 18.6 Å². The van der Waals surface area contributed by atoms with Gasteiger partial charge in [0.2, 0.25) is 0 Å². The summed E-state index contributed by atoms with van der Waals surface area (Å²) in [5.74, 6) is -0.824. The Morgan fingerprint density at radius 2 is 1.67 bits per heavy atom. The molecule has 0 bridgehead atoms. The van der Waals surface area contributed by atoms with Crippen molar-refractivity contribution in [3.63, 3.8) is 0 Å². The lowest BCUT2D eigenvalue weighted by atomic mass is 9.97. The molecule has 0 saturated carbocycles. The van der Waals surface area contributed by atoms with Crippen LogP contribution >= 0.6 is 0 Å². The summed E-state index contributed by atoms with van der Waals surface area (Å²) in [6, 6.07) is 19.6. The van der Waals surface area contributed by atoms with Crippen LogP contribution in [0.1, 0.15) is 16.7 Å². The van der Waals surface area contributed by atoms with Gasteiger partial charge in [-0.3, -0.25) is 4.72 Å². The fourth-order valence-corrected chi connectivity index (χ4v) is 4.73. The van der Waals surface area contributed by atoms with Gasteiger partial charge in [-0.2, -0.15) is 5.26 Å². The number of nitrogens with one attached hydrogen (secondary N) is 1. The van der Waals surface area contributed by atoms with Crippen LogP contribution in [0, 0.1) is 17.1 Å². The van der Waals surface area contributed by atoms with Crippen LogP contribution in [0.2, 0.25) is 0 Å². The van der Waals surface area contributed by atoms with E-state index in [-0.39, 0.29) is 32.9 Å². The summed E-state index contributed by atoms with van der Waals surface area (Å²) < 4.78 is 41.2. The molecule has 0 atom stereocenters. The third kappa shape index (κ3) is 4.59. The number of hydrogen-bond acceptors (Lipinski definition) is 5. The van der Waals surface area contributed by atoms with Crippen molar-refractivity contribution in [3.05, 3.63) is 95.3 Å². The number of benzene rings is 4. The molecule has 4 rings (SSSR count). The van der Waals surface area contributed by atoms with E-state index in [0.29, 0.717) is 24.0 Å². The van der Waals surface area contributed by atoms with Crippen molar-refractivity contribution in [2.45, 2.75) is 17.7 Å². The molecule has 0 aliphatic heterocycles. The predicted molar refractivity (Wildman–Crippen MR) is 123 cm³/mol. The van der Waals surface area contributed by atoms with E-state index < -0.39 is 15.8 Å². The highest BCUT2D eigenvalue weighted by atomic mass is 32.2. The van der Waals surface area contributed by atoms with Crippen LogP contribution in [0.4, 0.5) is 10.1 Å². The maximum absolute atomic E-state index is 13.2. The first-order valence-corrected chi connectivity index (χ1v) is 11.5. The van der Waals surface area contributed by atoms with E-state index in [1.807, 2.05) is 6.07 Å². The predicted octanol–water partition coefficient (Wildman–Crippen LogP) is 4.85. The van der Waals surface area contributed by atoms with Crippen LogP contribution in [0.5, 0.6) is 11.5 Å². The number of phenols is 2. The first kappa shape index (κ1) is 22.1. The highest BCUT2D eigenvalue weighted by molar-refractivity contribution is 7.92. The zero-order valence-electron chi connectivity index (χ0n) is 17.3. The maximum Gasteiger partial charge on any atom is 0.261 e. The van der Waals surface area contributed by atoms with Gasteiger partial charge in [0, 0.05) is 5.39 Å². The molecule has 0 aromatic heterocycles. The Labute approximate surface area is 190 Å². The van der Waals surface area contributed by atoms with Gasteiger partial charge in [0.05, 0.1) is 27.6 Å². The molecular weight excluding hydrogens is 443 g/mol. The van der Waals surface area contributed by atoms with Crippen molar-refractivity contribution in [3.8, 4) is 17.6 Å². The van der Waals surface area contributed by atoms with Crippen molar-refractivity contribution >= 4 is 26.5 Å². The second kappa shape index (κ2) is 8.81. The number of aryl methyl sites for hydroxylation is 2. The Kier molecular flexibility index (Phi) is 5.90. The number of nitriles is 1. The third-order valence-corrected chi connectivity index (χ3v) is 6.68. The second-order valence-electron chi connectivity index (χ2n) is 7.50. The average molecular weight is 463 g/mol. The number of phenolic OH excluding ortho intramolecular Hbond substituents is 2.